The summed E-state index contributed by atoms with van der Waals surface area (Å²) >= 11 is 0. The van der Waals surface area contributed by atoms with E-state index in [1.165, 1.54) is 30.4 Å². The molecule has 186 valence electrons. The molecule has 2 aromatic rings. The van der Waals surface area contributed by atoms with Gasteiger partial charge in [-0.25, -0.2) is 0 Å². The fourth-order valence-corrected chi connectivity index (χ4v) is 4.46. The number of nitrogens with zero attached hydrogens (tertiary/aromatic N) is 2. The summed E-state index contributed by atoms with van der Waals surface area (Å²) in [6, 6.07) is 8.89. The summed E-state index contributed by atoms with van der Waals surface area (Å²) in [7, 11) is 1.72. The molecule has 0 amide bonds. The standard InChI is InChI=1S/C28H39N3O.C2H6/c1-7-8-9-21(16-19(2)3)31-27-13-15-30-28(24-12-14-29-18-26(24)27)23-11-10-22(32-6)17-25(23)20(4)5;1-2/h10-14,17-21,31H,7-9,15-16H2,1-6H3;1-2H3. The highest BCUT2D eigenvalue weighted by molar-refractivity contribution is 6.16. The second-order valence-electron chi connectivity index (χ2n) is 9.45. The number of nitrogens with one attached hydrogen (secondary N) is 1. The first kappa shape index (κ1) is 27.6. The number of aromatic nitrogens is 1. The molecule has 4 nitrogen and oxygen atoms in total. The fourth-order valence-electron chi connectivity index (χ4n) is 4.46. The van der Waals surface area contributed by atoms with Crippen LogP contribution in [0.15, 0.2) is 47.7 Å². The van der Waals surface area contributed by atoms with Crippen molar-refractivity contribution >= 4 is 11.4 Å². The molecule has 1 atom stereocenters. The van der Waals surface area contributed by atoms with Crippen molar-refractivity contribution in [2.24, 2.45) is 10.9 Å². The molecule has 1 unspecified atom stereocenters. The molecule has 0 radical (unpaired) electrons. The lowest BCUT2D eigenvalue weighted by molar-refractivity contribution is 0.414. The Morgan fingerprint density at radius 3 is 2.44 bits per heavy atom. The number of fused-ring (bicyclic) bond motifs is 1. The molecule has 1 aromatic heterocycles. The molecule has 34 heavy (non-hydrogen) atoms. The van der Waals surface area contributed by atoms with Crippen molar-refractivity contribution in [3.63, 3.8) is 0 Å². The van der Waals surface area contributed by atoms with Crippen molar-refractivity contribution in [1.82, 2.24) is 10.3 Å². The summed E-state index contributed by atoms with van der Waals surface area (Å²) in [6.07, 6.45) is 10.9. The van der Waals surface area contributed by atoms with E-state index < -0.39 is 0 Å². The van der Waals surface area contributed by atoms with Crippen LogP contribution in [-0.2, 0) is 0 Å². The van der Waals surface area contributed by atoms with E-state index in [2.05, 4.69) is 69.2 Å². The molecule has 4 heteroatoms. The zero-order valence-corrected chi connectivity index (χ0v) is 22.6. The smallest absolute Gasteiger partial charge is 0.119 e. The average molecular weight is 464 g/mol. The molecule has 2 heterocycles. The molecule has 1 aliphatic heterocycles. The predicted octanol–water partition coefficient (Wildman–Crippen LogP) is 7.63. The largest absolute Gasteiger partial charge is 0.497 e. The van der Waals surface area contributed by atoms with Crippen LogP contribution in [0.1, 0.15) is 102 Å². The van der Waals surface area contributed by atoms with Gasteiger partial charge in [0.2, 0.25) is 0 Å². The van der Waals surface area contributed by atoms with Gasteiger partial charge in [0.1, 0.15) is 5.75 Å². The third-order valence-electron chi connectivity index (χ3n) is 6.07. The third-order valence-corrected chi connectivity index (χ3v) is 6.07. The molecular weight excluding hydrogens is 418 g/mol. The quantitative estimate of drug-likeness (QED) is 0.394. The lowest BCUT2D eigenvalue weighted by Gasteiger charge is -2.24. The highest BCUT2D eigenvalue weighted by Gasteiger charge is 2.22. The fraction of sp³-hybridized carbons (Fsp3) is 0.533. The van der Waals surface area contributed by atoms with E-state index in [4.69, 9.17) is 9.73 Å². The van der Waals surface area contributed by atoms with Gasteiger partial charge in [-0.05, 0) is 60.6 Å². The number of ether oxygens (including phenoxy) is 1. The van der Waals surface area contributed by atoms with E-state index in [1.54, 1.807) is 7.11 Å². The average Bonchev–Trinajstić information content (AvgIpc) is 3.02. The Kier molecular flexibility index (Phi) is 11.3. The zero-order valence-electron chi connectivity index (χ0n) is 22.6. The molecular formula is C30H45N3O. The Bertz CT molecular complexity index is 959. The number of aliphatic imine (C=N–C) groups is 1. The second-order valence-corrected chi connectivity index (χ2v) is 9.45. The number of unbranched alkanes of at least 4 members (excludes halogenated alkanes) is 1. The van der Waals surface area contributed by atoms with Crippen molar-refractivity contribution < 1.29 is 4.74 Å². The molecule has 0 fully saturated rings. The number of pyridine rings is 1. The van der Waals surface area contributed by atoms with E-state index in [0.29, 0.717) is 24.4 Å². The van der Waals surface area contributed by atoms with Gasteiger partial charge in [-0.1, -0.05) is 61.3 Å². The van der Waals surface area contributed by atoms with Crippen molar-refractivity contribution in [3.8, 4) is 5.75 Å². The van der Waals surface area contributed by atoms with E-state index in [0.717, 1.165) is 34.7 Å². The van der Waals surface area contributed by atoms with Crippen LogP contribution in [0.25, 0.3) is 5.70 Å². The van der Waals surface area contributed by atoms with Crippen LogP contribution < -0.4 is 10.1 Å². The summed E-state index contributed by atoms with van der Waals surface area (Å²) in [6.45, 7) is 16.0. The molecule has 0 spiro atoms. The second kappa shape index (κ2) is 13.9. The Morgan fingerprint density at radius 2 is 1.79 bits per heavy atom. The summed E-state index contributed by atoms with van der Waals surface area (Å²) in [5.41, 5.74) is 6.90. The normalized spacial score (nSPS) is 13.8. The maximum Gasteiger partial charge on any atom is 0.119 e. The number of rotatable bonds is 10. The van der Waals surface area contributed by atoms with Crippen LogP contribution in [0.5, 0.6) is 5.75 Å². The van der Waals surface area contributed by atoms with Crippen molar-refractivity contribution in [1.29, 1.82) is 0 Å². The van der Waals surface area contributed by atoms with Gasteiger partial charge >= 0.3 is 0 Å². The highest BCUT2D eigenvalue weighted by Crippen LogP contribution is 2.30. The predicted molar refractivity (Wildman–Crippen MR) is 147 cm³/mol. The van der Waals surface area contributed by atoms with Crippen LogP contribution in [0.2, 0.25) is 0 Å². The molecule has 3 rings (SSSR count). The van der Waals surface area contributed by atoms with Gasteiger partial charge < -0.3 is 10.1 Å². The monoisotopic (exact) mass is 463 g/mol. The topological polar surface area (TPSA) is 46.5 Å². The van der Waals surface area contributed by atoms with E-state index in [1.807, 2.05) is 32.3 Å². The van der Waals surface area contributed by atoms with Gasteiger partial charge in [0.25, 0.3) is 0 Å². The van der Waals surface area contributed by atoms with Crippen LogP contribution >= 0.6 is 0 Å². The molecule has 1 aliphatic rings. The van der Waals surface area contributed by atoms with Gasteiger partial charge in [-0.2, -0.15) is 0 Å². The van der Waals surface area contributed by atoms with Gasteiger partial charge in [0.05, 0.1) is 19.4 Å². The first-order valence-electron chi connectivity index (χ1n) is 13.1. The minimum absolute atomic E-state index is 0.367. The van der Waals surface area contributed by atoms with Crippen LogP contribution in [0, 0.1) is 5.92 Å². The van der Waals surface area contributed by atoms with E-state index in [-0.39, 0.29) is 0 Å². The van der Waals surface area contributed by atoms with Gasteiger partial charge in [-0.3, -0.25) is 9.98 Å². The van der Waals surface area contributed by atoms with E-state index >= 15 is 0 Å². The first-order chi connectivity index (χ1) is 16.4. The molecule has 0 bridgehead atoms. The third kappa shape index (κ3) is 7.19. The summed E-state index contributed by atoms with van der Waals surface area (Å²) < 4.78 is 5.50. The van der Waals surface area contributed by atoms with Crippen molar-refractivity contribution in [3.05, 3.63) is 65.0 Å². The minimum Gasteiger partial charge on any atom is -0.497 e. The molecule has 0 saturated carbocycles. The highest BCUT2D eigenvalue weighted by atomic mass is 16.5. The lowest BCUT2D eigenvalue weighted by Crippen LogP contribution is -2.30. The summed E-state index contributed by atoms with van der Waals surface area (Å²) in [5.74, 6) is 1.91. The molecule has 0 saturated heterocycles. The Balaban J connectivity index is 0.00000199. The van der Waals surface area contributed by atoms with Crippen molar-refractivity contribution in [2.45, 2.75) is 86.1 Å². The number of hydrogen-bond donors (Lipinski definition) is 1. The maximum absolute atomic E-state index is 5.50. The Labute approximate surface area is 208 Å². The molecule has 1 N–H and O–H groups in total. The summed E-state index contributed by atoms with van der Waals surface area (Å²) in [4.78, 5) is 9.52. The van der Waals surface area contributed by atoms with Crippen LogP contribution in [-0.4, -0.2) is 30.4 Å². The van der Waals surface area contributed by atoms with Crippen LogP contribution in [0.3, 0.4) is 0 Å². The van der Waals surface area contributed by atoms with Crippen molar-refractivity contribution in [2.75, 3.05) is 13.7 Å². The van der Waals surface area contributed by atoms with Gasteiger partial charge in [-0.15, -0.1) is 0 Å². The van der Waals surface area contributed by atoms with Gasteiger partial charge in [0, 0.05) is 40.8 Å². The lowest BCUT2D eigenvalue weighted by atomic mass is 9.89. The first-order valence-corrected chi connectivity index (χ1v) is 13.1. The molecule has 0 aliphatic carbocycles. The Hall–Kier alpha value is -2.62. The summed E-state index contributed by atoms with van der Waals surface area (Å²) in [5, 5.41) is 3.87. The maximum atomic E-state index is 5.50. The number of methoxy groups -OCH3 is 1. The molecule has 1 aromatic carbocycles. The van der Waals surface area contributed by atoms with Crippen LogP contribution in [0.4, 0.5) is 0 Å². The number of benzene rings is 1. The SMILES string of the molecule is CC.CCCCC(CC(C)C)NC1=CCN=C(c2ccc(OC)cc2C(C)C)c2ccncc21. The van der Waals surface area contributed by atoms with E-state index in [9.17, 15) is 0 Å². The minimum atomic E-state index is 0.367. The number of hydrogen-bond acceptors (Lipinski definition) is 4. The zero-order chi connectivity index (χ0) is 25.1. The Morgan fingerprint density at radius 1 is 1.03 bits per heavy atom. The van der Waals surface area contributed by atoms with Gasteiger partial charge in [0.15, 0.2) is 0 Å².